The first kappa shape index (κ1) is 14.4. The summed E-state index contributed by atoms with van der Waals surface area (Å²) in [5.41, 5.74) is 7.64. The van der Waals surface area contributed by atoms with Crippen LogP contribution in [0.15, 0.2) is 48.5 Å². The van der Waals surface area contributed by atoms with Gasteiger partial charge in [0.1, 0.15) is 17.6 Å². The number of hydrogen-bond donors (Lipinski definition) is 2. The SMILES string of the molecule is COc1ccc(C(CN)Oc2ccc(CO)cc2)cc1. The topological polar surface area (TPSA) is 64.7 Å². The van der Waals surface area contributed by atoms with E-state index in [2.05, 4.69) is 0 Å². The molecular formula is C16H19NO3. The Hall–Kier alpha value is -2.04. The highest BCUT2D eigenvalue weighted by Gasteiger charge is 2.11. The van der Waals surface area contributed by atoms with E-state index >= 15 is 0 Å². The number of nitrogens with two attached hydrogens (primary N) is 1. The van der Waals surface area contributed by atoms with Crippen molar-refractivity contribution in [3.8, 4) is 11.5 Å². The molecule has 3 N–H and O–H groups in total. The van der Waals surface area contributed by atoms with Crippen molar-refractivity contribution in [3.05, 3.63) is 59.7 Å². The molecule has 0 amide bonds. The molecule has 4 heteroatoms. The summed E-state index contributed by atoms with van der Waals surface area (Å²) in [7, 11) is 1.63. The van der Waals surface area contributed by atoms with Crippen LogP contribution >= 0.6 is 0 Å². The minimum atomic E-state index is -0.208. The molecule has 0 aliphatic heterocycles. The molecule has 0 saturated carbocycles. The third kappa shape index (κ3) is 3.50. The minimum Gasteiger partial charge on any atom is -0.497 e. The normalized spacial score (nSPS) is 11.9. The van der Waals surface area contributed by atoms with Crippen LogP contribution in [0.2, 0.25) is 0 Å². The summed E-state index contributed by atoms with van der Waals surface area (Å²) in [6.45, 7) is 0.410. The lowest BCUT2D eigenvalue weighted by Crippen LogP contribution is -2.18. The largest absolute Gasteiger partial charge is 0.497 e. The van der Waals surface area contributed by atoms with Gasteiger partial charge < -0.3 is 20.3 Å². The Morgan fingerprint density at radius 2 is 1.60 bits per heavy atom. The fraction of sp³-hybridized carbons (Fsp3) is 0.250. The molecule has 1 unspecified atom stereocenters. The number of hydrogen-bond acceptors (Lipinski definition) is 4. The zero-order valence-corrected chi connectivity index (χ0v) is 11.5. The summed E-state index contributed by atoms with van der Waals surface area (Å²) < 4.78 is 11.0. The fourth-order valence-corrected chi connectivity index (χ4v) is 1.91. The summed E-state index contributed by atoms with van der Waals surface area (Å²) in [6, 6.07) is 15.0. The second-order valence-corrected chi connectivity index (χ2v) is 4.42. The number of methoxy groups -OCH3 is 1. The second kappa shape index (κ2) is 6.93. The van der Waals surface area contributed by atoms with Crippen LogP contribution in [0.1, 0.15) is 17.2 Å². The highest BCUT2D eigenvalue weighted by Crippen LogP contribution is 2.23. The first-order valence-corrected chi connectivity index (χ1v) is 6.47. The number of benzene rings is 2. The van der Waals surface area contributed by atoms with Gasteiger partial charge in [-0.2, -0.15) is 0 Å². The van der Waals surface area contributed by atoms with Crippen molar-refractivity contribution in [2.24, 2.45) is 5.73 Å². The van der Waals surface area contributed by atoms with Crippen LogP contribution in [0.25, 0.3) is 0 Å². The van der Waals surface area contributed by atoms with Crippen LogP contribution < -0.4 is 15.2 Å². The van der Waals surface area contributed by atoms with Crippen molar-refractivity contribution in [3.63, 3.8) is 0 Å². The number of aliphatic hydroxyl groups excluding tert-OH is 1. The molecule has 0 heterocycles. The van der Waals surface area contributed by atoms with Crippen molar-refractivity contribution in [2.45, 2.75) is 12.7 Å². The Morgan fingerprint density at radius 3 is 2.10 bits per heavy atom. The maximum atomic E-state index is 9.01. The molecule has 106 valence electrons. The predicted octanol–water partition coefficient (Wildman–Crippen LogP) is 2.27. The summed E-state index contributed by atoms with van der Waals surface area (Å²) in [5, 5.41) is 9.01. The molecule has 0 saturated heterocycles. The molecule has 0 aliphatic carbocycles. The average Bonchev–Trinajstić information content (AvgIpc) is 2.53. The number of aliphatic hydroxyl groups is 1. The van der Waals surface area contributed by atoms with E-state index in [0.717, 1.165) is 22.6 Å². The van der Waals surface area contributed by atoms with Crippen LogP contribution in [0.3, 0.4) is 0 Å². The van der Waals surface area contributed by atoms with E-state index in [-0.39, 0.29) is 12.7 Å². The molecule has 0 fully saturated rings. The predicted molar refractivity (Wildman–Crippen MR) is 77.8 cm³/mol. The van der Waals surface area contributed by atoms with Gasteiger partial charge in [-0.15, -0.1) is 0 Å². The molecule has 0 bridgehead atoms. The van der Waals surface area contributed by atoms with Crippen molar-refractivity contribution >= 4 is 0 Å². The first-order chi connectivity index (χ1) is 9.76. The molecule has 4 nitrogen and oxygen atoms in total. The van der Waals surface area contributed by atoms with Crippen molar-refractivity contribution < 1.29 is 14.6 Å². The molecule has 2 aromatic carbocycles. The van der Waals surface area contributed by atoms with Crippen molar-refractivity contribution in [2.75, 3.05) is 13.7 Å². The van der Waals surface area contributed by atoms with E-state index in [0.29, 0.717) is 6.54 Å². The molecule has 2 aromatic rings. The van der Waals surface area contributed by atoms with Gasteiger partial charge in [-0.3, -0.25) is 0 Å². The number of rotatable bonds is 6. The molecule has 20 heavy (non-hydrogen) atoms. The average molecular weight is 273 g/mol. The van der Waals surface area contributed by atoms with Crippen LogP contribution in [0.4, 0.5) is 0 Å². The summed E-state index contributed by atoms with van der Waals surface area (Å²) in [5.74, 6) is 1.53. The van der Waals surface area contributed by atoms with E-state index in [1.165, 1.54) is 0 Å². The van der Waals surface area contributed by atoms with E-state index in [9.17, 15) is 0 Å². The molecule has 0 spiro atoms. The van der Waals surface area contributed by atoms with E-state index in [1.807, 2.05) is 48.5 Å². The van der Waals surface area contributed by atoms with Gasteiger partial charge in [-0.25, -0.2) is 0 Å². The molecule has 2 rings (SSSR count). The molecule has 0 aromatic heterocycles. The van der Waals surface area contributed by atoms with Gasteiger partial charge in [-0.1, -0.05) is 24.3 Å². The van der Waals surface area contributed by atoms with Gasteiger partial charge in [0.25, 0.3) is 0 Å². The van der Waals surface area contributed by atoms with Gasteiger partial charge in [0.15, 0.2) is 0 Å². The highest BCUT2D eigenvalue weighted by atomic mass is 16.5. The Bertz CT molecular complexity index is 522. The smallest absolute Gasteiger partial charge is 0.136 e. The quantitative estimate of drug-likeness (QED) is 0.847. The standard InChI is InChI=1S/C16H19NO3/c1-19-14-8-4-13(5-9-14)16(10-17)20-15-6-2-12(11-18)3-7-15/h2-9,16,18H,10-11,17H2,1H3. The van der Waals surface area contributed by atoms with Gasteiger partial charge in [0.05, 0.1) is 13.7 Å². The first-order valence-electron chi connectivity index (χ1n) is 6.47. The fourth-order valence-electron chi connectivity index (χ4n) is 1.91. The van der Waals surface area contributed by atoms with Crippen LogP contribution in [0.5, 0.6) is 11.5 Å². The Kier molecular flexibility index (Phi) is 4.98. The second-order valence-electron chi connectivity index (χ2n) is 4.42. The lowest BCUT2D eigenvalue weighted by atomic mass is 10.1. The third-order valence-corrected chi connectivity index (χ3v) is 3.09. The minimum absolute atomic E-state index is 0.0269. The van der Waals surface area contributed by atoms with Gasteiger partial charge >= 0.3 is 0 Å². The Balaban J connectivity index is 2.10. The lowest BCUT2D eigenvalue weighted by Gasteiger charge is -2.18. The maximum absolute atomic E-state index is 9.01. The van der Waals surface area contributed by atoms with E-state index in [1.54, 1.807) is 7.11 Å². The Morgan fingerprint density at radius 1 is 1.00 bits per heavy atom. The summed E-state index contributed by atoms with van der Waals surface area (Å²) >= 11 is 0. The zero-order chi connectivity index (χ0) is 14.4. The van der Waals surface area contributed by atoms with Gasteiger partial charge in [-0.05, 0) is 35.4 Å². The van der Waals surface area contributed by atoms with Crippen LogP contribution in [-0.4, -0.2) is 18.8 Å². The Labute approximate surface area is 118 Å². The number of ether oxygens (including phenoxy) is 2. The van der Waals surface area contributed by atoms with E-state index < -0.39 is 0 Å². The van der Waals surface area contributed by atoms with E-state index in [4.69, 9.17) is 20.3 Å². The summed E-state index contributed by atoms with van der Waals surface area (Å²) in [4.78, 5) is 0. The van der Waals surface area contributed by atoms with Crippen LogP contribution in [0, 0.1) is 0 Å². The van der Waals surface area contributed by atoms with Crippen molar-refractivity contribution in [1.82, 2.24) is 0 Å². The molecule has 0 radical (unpaired) electrons. The van der Waals surface area contributed by atoms with Crippen LogP contribution in [-0.2, 0) is 6.61 Å². The molecule has 1 atom stereocenters. The lowest BCUT2D eigenvalue weighted by molar-refractivity contribution is 0.214. The van der Waals surface area contributed by atoms with Gasteiger partial charge in [0, 0.05) is 6.54 Å². The maximum Gasteiger partial charge on any atom is 0.136 e. The van der Waals surface area contributed by atoms with Crippen molar-refractivity contribution in [1.29, 1.82) is 0 Å². The monoisotopic (exact) mass is 273 g/mol. The third-order valence-electron chi connectivity index (χ3n) is 3.09. The van der Waals surface area contributed by atoms with Gasteiger partial charge in [0.2, 0.25) is 0 Å². The zero-order valence-electron chi connectivity index (χ0n) is 11.5. The molecule has 0 aliphatic rings. The molecular weight excluding hydrogens is 254 g/mol. The highest BCUT2D eigenvalue weighted by molar-refractivity contribution is 5.31. The summed E-state index contributed by atoms with van der Waals surface area (Å²) in [6.07, 6.45) is -0.208.